The molecule has 1 fully saturated rings. The van der Waals surface area contributed by atoms with Gasteiger partial charge in [0.2, 0.25) is 5.91 Å². The molecule has 0 spiro atoms. The number of aliphatic hydroxyl groups excluding tert-OH is 5. The van der Waals surface area contributed by atoms with Crippen LogP contribution < -0.4 is 5.32 Å². The zero-order chi connectivity index (χ0) is 40.2. The van der Waals surface area contributed by atoms with Gasteiger partial charge in [-0.1, -0.05) is 151 Å². The monoisotopic (exact) mass is 774 g/mol. The molecule has 7 unspecified atom stereocenters. The number of carbonyl (C=O) groups is 1. The van der Waals surface area contributed by atoms with E-state index in [9.17, 15) is 30.3 Å². The predicted octanol–water partition coefficient (Wildman–Crippen LogP) is 8.61. The summed E-state index contributed by atoms with van der Waals surface area (Å²) in [5, 5.41) is 54.1. The fourth-order valence-corrected chi connectivity index (χ4v) is 6.28. The van der Waals surface area contributed by atoms with Crippen LogP contribution in [0.5, 0.6) is 0 Å². The standard InChI is InChI=1S/C46H79NO8/c1-3-5-7-9-11-13-15-17-19-20-22-24-26-28-30-32-34-36-42(50)47-39(38-54-46-45(53)44(52)43(51)41(37-48)55-46)40(49)35-33-31-29-27-25-23-21-18-16-14-12-10-8-6-4-2/h5,7,11,13,17,19,22,24-25,27,33,35,39-41,43-46,48-49,51-53H,3-4,6,8-10,12,14-16,18,20-21,23,26,28-32,34,36-38H2,1-2H3,(H,47,50)/b7-5-,13-11-,19-17-,24-22-,27-25+,35-33+. The second-order valence-electron chi connectivity index (χ2n) is 14.7. The lowest BCUT2D eigenvalue weighted by Crippen LogP contribution is -2.60. The van der Waals surface area contributed by atoms with Crippen LogP contribution in [-0.2, 0) is 14.3 Å². The Morgan fingerprint density at radius 3 is 1.75 bits per heavy atom. The van der Waals surface area contributed by atoms with E-state index < -0.39 is 49.5 Å². The van der Waals surface area contributed by atoms with Crippen LogP contribution in [0.1, 0.15) is 155 Å². The van der Waals surface area contributed by atoms with Crippen molar-refractivity contribution in [3.63, 3.8) is 0 Å². The van der Waals surface area contributed by atoms with Gasteiger partial charge in [-0.25, -0.2) is 0 Å². The van der Waals surface area contributed by atoms with Crippen LogP contribution in [0.3, 0.4) is 0 Å². The molecule has 316 valence electrons. The summed E-state index contributed by atoms with van der Waals surface area (Å²) in [6.07, 6.45) is 40.8. The number of hydrogen-bond acceptors (Lipinski definition) is 8. The lowest BCUT2D eigenvalue weighted by Gasteiger charge is -2.40. The number of nitrogens with one attached hydrogen (secondary N) is 1. The molecule has 0 aromatic heterocycles. The van der Waals surface area contributed by atoms with Gasteiger partial charge in [0.15, 0.2) is 6.29 Å². The summed E-state index contributed by atoms with van der Waals surface area (Å²) in [5.74, 6) is -0.215. The van der Waals surface area contributed by atoms with Gasteiger partial charge in [-0.15, -0.1) is 0 Å². The Labute approximate surface area is 334 Å². The van der Waals surface area contributed by atoms with Gasteiger partial charge in [0.1, 0.15) is 24.4 Å². The molecule has 0 aliphatic carbocycles. The smallest absolute Gasteiger partial charge is 0.220 e. The van der Waals surface area contributed by atoms with Crippen LogP contribution in [0.15, 0.2) is 72.9 Å². The van der Waals surface area contributed by atoms with Gasteiger partial charge in [-0.05, 0) is 70.6 Å². The Morgan fingerprint density at radius 2 is 1.15 bits per heavy atom. The first-order chi connectivity index (χ1) is 26.8. The Kier molecular flexibility index (Phi) is 33.2. The van der Waals surface area contributed by atoms with Crippen LogP contribution in [0, 0.1) is 0 Å². The van der Waals surface area contributed by atoms with Crippen molar-refractivity contribution in [1.82, 2.24) is 5.32 Å². The maximum Gasteiger partial charge on any atom is 0.220 e. The molecule has 1 rings (SSSR count). The third-order valence-electron chi connectivity index (χ3n) is 9.76. The Hall–Kier alpha value is -2.37. The van der Waals surface area contributed by atoms with E-state index >= 15 is 0 Å². The van der Waals surface area contributed by atoms with E-state index in [0.717, 1.165) is 77.0 Å². The van der Waals surface area contributed by atoms with Gasteiger partial charge in [0.25, 0.3) is 0 Å². The highest BCUT2D eigenvalue weighted by atomic mass is 16.7. The van der Waals surface area contributed by atoms with Crippen molar-refractivity contribution in [3.05, 3.63) is 72.9 Å². The average Bonchev–Trinajstić information content (AvgIpc) is 3.18. The predicted molar refractivity (Wildman–Crippen MR) is 225 cm³/mol. The van der Waals surface area contributed by atoms with E-state index in [2.05, 4.69) is 79.9 Å². The van der Waals surface area contributed by atoms with Gasteiger partial charge in [0, 0.05) is 6.42 Å². The van der Waals surface area contributed by atoms with Crippen LogP contribution in [0.25, 0.3) is 0 Å². The first-order valence-corrected chi connectivity index (χ1v) is 21.7. The lowest BCUT2D eigenvalue weighted by molar-refractivity contribution is -0.302. The summed E-state index contributed by atoms with van der Waals surface area (Å²) in [6.45, 7) is 3.60. The largest absolute Gasteiger partial charge is 0.394 e. The molecule has 0 aromatic carbocycles. The number of carbonyl (C=O) groups excluding carboxylic acids is 1. The van der Waals surface area contributed by atoms with Gasteiger partial charge < -0.3 is 40.3 Å². The highest BCUT2D eigenvalue weighted by Gasteiger charge is 2.44. The third kappa shape index (κ3) is 27.0. The molecule has 55 heavy (non-hydrogen) atoms. The normalized spacial score (nSPS) is 22.1. The number of hydrogen-bond donors (Lipinski definition) is 6. The summed E-state index contributed by atoms with van der Waals surface area (Å²) >= 11 is 0. The fourth-order valence-electron chi connectivity index (χ4n) is 6.28. The number of aliphatic hydroxyl groups is 5. The summed E-state index contributed by atoms with van der Waals surface area (Å²) in [7, 11) is 0. The van der Waals surface area contributed by atoms with Crippen LogP contribution in [-0.4, -0.2) is 87.5 Å². The topological polar surface area (TPSA) is 149 Å². The summed E-state index contributed by atoms with van der Waals surface area (Å²) < 4.78 is 11.2. The number of amides is 1. The molecule has 9 nitrogen and oxygen atoms in total. The molecule has 6 N–H and O–H groups in total. The van der Waals surface area contributed by atoms with Gasteiger partial charge >= 0.3 is 0 Å². The van der Waals surface area contributed by atoms with Crippen molar-refractivity contribution in [1.29, 1.82) is 0 Å². The molecule has 1 heterocycles. The molecule has 1 saturated heterocycles. The summed E-state index contributed by atoms with van der Waals surface area (Å²) in [5.41, 5.74) is 0. The number of unbranched alkanes of at least 4 members (excludes halogenated alkanes) is 14. The first-order valence-electron chi connectivity index (χ1n) is 21.7. The van der Waals surface area contributed by atoms with Crippen molar-refractivity contribution >= 4 is 5.91 Å². The number of allylic oxidation sites excluding steroid dienone is 11. The second kappa shape index (κ2) is 36.0. The number of rotatable bonds is 34. The minimum Gasteiger partial charge on any atom is -0.394 e. The van der Waals surface area contributed by atoms with Crippen molar-refractivity contribution in [3.8, 4) is 0 Å². The molecule has 0 bridgehead atoms. The maximum absolute atomic E-state index is 12.9. The first kappa shape index (κ1) is 50.6. The third-order valence-corrected chi connectivity index (χ3v) is 9.76. The molecule has 1 aliphatic heterocycles. The molecule has 9 heteroatoms. The molecule has 1 aliphatic rings. The van der Waals surface area contributed by atoms with Crippen molar-refractivity contribution in [2.24, 2.45) is 0 Å². The fraction of sp³-hybridized carbons (Fsp3) is 0.717. The van der Waals surface area contributed by atoms with E-state index in [1.54, 1.807) is 6.08 Å². The van der Waals surface area contributed by atoms with E-state index in [1.807, 2.05) is 6.08 Å². The van der Waals surface area contributed by atoms with E-state index in [4.69, 9.17) is 9.47 Å². The average molecular weight is 774 g/mol. The van der Waals surface area contributed by atoms with Gasteiger partial charge in [-0.3, -0.25) is 4.79 Å². The molecule has 0 aromatic rings. The zero-order valence-electron chi connectivity index (χ0n) is 34.4. The quantitative estimate of drug-likeness (QED) is 0.0281. The van der Waals surface area contributed by atoms with E-state index in [-0.39, 0.29) is 12.5 Å². The van der Waals surface area contributed by atoms with Crippen LogP contribution in [0.2, 0.25) is 0 Å². The minimum absolute atomic E-state index is 0.215. The second-order valence-corrected chi connectivity index (χ2v) is 14.7. The molecular weight excluding hydrogens is 695 g/mol. The van der Waals surface area contributed by atoms with Crippen LogP contribution >= 0.6 is 0 Å². The van der Waals surface area contributed by atoms with Crippen molar-refractivity contribution in [2.75, 3.05) is 13.2 Å². The highest BCUT2D eigenvalue weighted by Crippen LogP contribution is 2.22. The van der Waals surface area contributed by atoms with E-state index in [1.165, 1.54) is 57.8 Å². The van der Waals surface area contributed by atoms with Gasteiger partial charge in [0.05, 0.1) is 25.4 Å². The molecular formula is C46H79NO8. The molecule has 0 saturated carbocycles. The Bertz CT molecular complexity index is 1080. The lowest BCUT2D eigenvalue weighted by atomic mass is 9.99. The molecule has 1 amide bonds. The zero-order valence-corrected chi connectivity index (χ0v) is 34.4. The number of ether oxygens (including phenoxy) is 2. The molecule has 7 atom stereocenters. The Morgan fingerprint density at radius 1 is 0.636 bits per heavy atom. The van der Waals surface area contributed by atoms with Crippen molar-refractivity contribution < 1.29 is 39.8 Å². The highest BCUT2D eigenvalue weighted by molar-refractivity contribution is 5.76. The minimum atomic E-state index is -1.58. The molecule has 0 radical (unpaired) electrons. The summed E-state index contributed by atoms with van der Waals surface area (Å²) in [6, 6.07) is -0.837. The SMILES string of the molecule is CC/C=C\C/C=C\C/C=C\C/C=C\CCCCCCC(=O)NC(COC1OC(CO)C(O)C(O)C1O)C(O)/C=C/CC/C=C/CCCCCCCCCCC. The Balaban J connectivity index is 2.45. The van der Waals surface area contributed by atoms with Crippen molar-refractivity contribution in [2.45, 2.75) is 198 Å². The maximum atomic E-state index is 12.9. The van der Waals surface area contributed by atoms with E-state index in [0.29, 0.717) is 6.42 Å². The van der Waals surface area contributed by atoms with Crippen LogP contribution in [0.4, 0.5) is 0 Å². The summed E-state index contributed by atoms with van der Waals surface area (Å²) in [4.78, 5) is 12.9. The van der Waals surface area contributed by atoms with Gasteiger partial charge in [-0.2, -0.15) is 0 Å².